The summed E-state index contributed by atoms with van der Waals surface area (Å²) in [5.41, 5.74) is 1.78. The number of aromatic nitrogens is 1. The number of hydrogen-bond donors (Lipinski definition) is 2. The second-order valence-electron chi connectivity index (χ2n) is 5.83. The Bertz CT molecular complexity index is 719. The Morgan fingerprint density at radius 3 is 2.29 bits per heavy atom. The zero-order chi connectivity index (χ0) is 16.9. The van der Waals surface area contributed by atoms with Crippen molar-refractivity contribution < 1.29 is 9.59 Å². The molecular formula is C18H18ClN3O2. The number of nitrogens with one attached hydrogen (secondary N) is 2. The first-order valence-corrected chi connectivity index (χ1v) is 8.21. The first kappa shape index (κ1) is 16.5. The minimum atomic E-state index is -0.237. The van der Waals surface area contributed by atoms with Crippen LogP contribution < -0.4 is 10.6 Å². The van der Waals surface area contributed by atoms with Crippen molar-refractivity contribution >= 4 is 23.4 Å². The molecule has 1 aliphatic carbocycles. The van der Waals surface area contributed by atoms with Crippen molar-refractivity contribution in [2.24, 2.45) is 11.8 Å². The van der Waals surface area contributed by atoms with Gasteiger partial charge < -0.3 is 10.6 Å². The lowest BCUT2D eigenvalue weighted by Gasteiger charge is -2.06. The van der Waals surface area contributed by atoms with Crippen molar-refractivity contribution in [2.75, 3.05) is 0 Å². The second-order valence-corrected chi connectivity index (χ2v) is 6.27. The maximum absolute atomic E-state index is 12.1. The maximum atomic E-state index is 12.1. The molecule has 6 heteroatoms. The van der Waals surface area contributed by atoms with Crippen LogP contribution in [0.15, 0.2) is 48.7 Å². The van der Waals surface area contributed by atoms with Crippen molar-refractivity contribution in [1.82, 2.24) is 15.6 Å². The van der Waals surface area contributed by atoms with Gasteiger partial charge in [0, 0.05) is 17.8 Å². The topological polar surface area (TPSA) is 71.1 Å². The van der Waals surface area contributed by atoms with E-state index >= 15 is 0 Å². The fraction of sp³-hybridized carbons (Fsp3) is 0.278. The van der Waals surface area contributed by atoms with E-state index in [9.17, 15) is 9.59 Å². The number of rotatable bonds is 6. The van der Waals surface area contributed by atoms with Crippen LogP contribution in [0, 0.1) is 11.8 Å². The van der Waals surface area contributed by atoms with E-state index in [4.69, 9.17) is 11.6 Å². The number of amides is 2. The molecular weight excluding hydrogens is 326 g/mol. The lowest BCUT2D eigenvalue weighted by Crippen LogP contribution is -2.29. The zero-order valence-electron chi connectivity index (χ0n) is 13.0. The zero-order valence-corrected chi connectivity index (χ0v) is 13.8. The van der Waals surface area contributed by atoms with E-state index in [1.165, 1.54) is 0 Å². The monoisotopic (exact) mass is 343 g/mol. The predicted octanol–water partition coefficient (Wildman–Crippen LogP) is 2.30. The highest BCUT2D eigenvalue weighted by Crippen LogP contribution is 2.38. The molecule has 124 valence electrons. The molecule has 0 bridgehead atoms. The second kappa shape index (κ2) is 7.45. The molecule has 2 atom stereocenters. The van der Waals surface area contributed by atoms with Crippen LogP contribution in [0.2, 0.25) is 5.02 Å². The summed E-state index contributed by atoms with van der Waals surface area (Å²) in [6.07, 6.45) is 2.28. The van der Waals surface area contributed by atoms with Crippen LogP contribution in [0.1, 0.15) is 17.7 Å². The molecule has 0 aliphatic heterocycles. The van der Waals surface area contributed by atoms with Gasteiger partial charge in [-0.05, 0) is 36.2 Å². The molecule has 2 amide bonds. The van der Waals surface area contributed by atoms with Gasteiger partial charge in [0.05, 0.1) is 24.1 Å². The van der Waals surface area contributed by atoms with Gasteiger partial charge in [-0.1, -0.05) is 29.8 Å². The Morgan fingerprint density at radius 1 is 1.00 bits per heavy atom. The first-order valence-electron chi connectivity index (χ1n) is 7.83. The molecule has 0 saturated heterocycles. The molecule has 5 nitrogen and oxygen atoms in total. The van der Waals surface area contributed by atoms with Crippen molar-refractivity contribution in [2.45, 2.75) is 19.5 Å². The number of halogens is 1. The molecule has 2 unspecified atom stereocenters. The molecule has 1 saturated carbocycles. The van der Waals surface area contributed by atoms with E-state index in [0.717, 1.165) is 11.3 Å². The van der Waals surface area contributed by atoms with Gasteiger partial charge in [0.1, 0.15) is 0 Å². The van der Waals surface area contributed by atoms with Gasteiger partial charge in [-0.2, -0.15) is 0 Å². The van der Waals surface area contributed by atoms with Crippen molar-refractivity contribution in [3.05, 3.63) is 64.9 Å². The van der Waals surface area contributed by atoms with Gasteiger partial charge in [-0.25, -0.2) is 0 Å². The molecule has 3 rings (SSSR count). The van der Waals surface area contributed by atoms with Crippen LogP contribution in [-0.2, 0) is 22.7 Å². The highest BCUT2D eigenvalue weighted by atomic mass is 35.5. The summed E-state index contributed by atoms with van der Waals surface area (Å²) in [4.78, 5) is 28.3. The van der Waals surface area contributed by atoms with Crippen molar-refractivity contribution in [3.63, 3.8) is 0 Å². The molecule has 1 aromatic carbocycles. The third kappa shape index (κ3) is 4.32. The van der Waals surface area contributed by atoms with E-state index in [-0.39, 0.29) is 23.7 Å². The van der Waals surface area contributed by atoms with Crippen LogP contribution >= 0.6 is 11.6 Å². The molecule has 2 aromatic rings. The number of carbonyl (C=O) groups is 2. The number of nitrogens with zero attached hydrogens (tertiary/aromatic N) is 1. The van der Waals surface area contributed by atoms with E-state index in [0.29, 0.717) is 24.5 Å². The van der Waals surface area contributed by atoms with Gasteiger partial charge in [-0.15, -0.1) is 0 Å². The summed E-state index contributed by atoms with van der Waals surface area (Å²) in [6, 6.07) is 12.9. The molecule has 1 fully saturated rings. The van der Waals surface area contributed by atoms with E-state index < -0.39 is 0 Å². The Hall–Kier alpha value is -2.40. The third-order valence-electron chi connectivity index (χ3n) is 4.01. The lowest BCUT2D eigenvalue weighted by atomic mass is 10.2. The largest absolute Gasteiger partial charge is 0.352 e. The van der Waals surface area contributed by atoms with Crippen molar-refractivity contribution in [3.8, 4) is 0 Å². The smallest absolute Gasteiger partial charge is 0.224 e. The molecule has 1 heterocycles. The van der Waals surface area contributed by atoms with E-state index in [2.05, 4.69) is 15.6 Å². The Balaban J connectivity index is 1.41. The molecule has 2 N–H and O–H groups in total. The average Bonchev–Trinajstić information content (AvgIpc) is 3.41. The van der Waals surface area contributed by atoms with Crippen molar-refractivity contribution in [1.29, 1.82) is 0 Å². The lowest BCUT2D eigenvalue weighted by molar-refractivity contribution is -0.127. The maximum Gasteiger partial charge on any atom is 0.224 e. The summed E-state index contributed by atoms with van der Waals surface area (Å²) < 4.78 is 0. The van der Waals surface area contributed by atoms with Crippen LogP contribution in [0.4, 0.5) is 0 Å². The van der Waals surface area contributed by atoms with Crippen LogP contribution in [0.5, 0.6) is 0 Å². The van der Waals surface area contributed by atoms with Gasteiger partial charge >= 0.3 is 0 Å². The first-order chi connectivity index (χ1) is 11.6. The summed E-state index contributed by atoms with van der Waals surface area (Å²) in [7, 11) is 0. The molecule has 0 radical (unpaired) electrons. The Labute approximate surface area is 145 Å². The minimum absolute atomic E-state index is 0.0806. The fourth-order valence-corrected chi connectivity index (χ4v) is 2.63. The summed E-state index contributed by atoms with van der Waals surface area (Å²) >= 11 is 5.83. The molecule has 24 heavy (non-hydrogen) atoms. The number of carbonyl (C=O) groups excluding carboxylic acids is 2. The van der Waals surface area contributed by atoms with Gasteiger partial charge in [0.15, 0.2) is 0 Å². The van der Waals surface area contributed by atoms with E-state index in [1.54, 1.807) is 18.3 Å². The molecule has 1 aromatic heterocycles. The van der Waals surface area contributed by atoms with Gasteiger partial charge in [0.2, 0.25) is 11.8 Å². The van der Waals surface area contributed by atoms with Crippen LogP contribution in [-0.4, -0.2) is 16.8 Å². The molecule has 1 aliphatic rings. The van der Waals surface area contributed by atoms with E-state index in [1.807, 2.05) is 30.3 Å². The van der Waals surface area contributed by atoms with Gasteiger partial charge in [-0.3, -0.25) is 14.6 Å². The fourth-order valence-electron chi connectivity index (χ4n) is 2.51. The minimum Gasteiger partial charge on any atom is -0.352 e. The summed E-state index contributed by atoms with van der Waals surface area (Å²) in [6.45, 7) is 0.823. The number of pyridine rings is 1. The normalized spacial score (nSPS) is 18.7. The summed E-state index contributed by atoms with van der Waals surface area (Å²) in [5.74, 6) is -0.643. The third-order valence-corrected chi connectivity index (χ3v) is 4.27. The predicted molar refractivity (Wildman–Crippen MR) is 91.0 cm³/mol. The Morgan fingerprint density at radius 2 is 1.67 bits per heavy atom. The summed E-state index contributed by atoms with van der Waals surface area (Å²) in [5, 5.41) is 6.36. The van der Waals surface area contributed by atoms with Crippen LogP contribution in [0.25, 0.3) is 0 Å². The Kier molecular flexibility index (Phi) is 5.11. The average molecular weight is 344 g/mol. The highest BCUT2D eigenvalue weighted by molar-refractivity contribution is 6.30. The van der Waals surface area contributed by atoms with Crippen LogP contribution in [0.3, 0.4) is 0 Å². The molecule has 0 spiro atoms. The number of hydrogen-bond acceptors (Lipinski definition) is 3. The quantitative estimate of drug-likeness (QED) is 0.845. The SMILES string of the molecule is O=C(NCc1ccc(Cl)cc1)C1CC1C(=O)NCc1ccccn1. The number of benzene rings is 1. The standard InChI is InChI=1S/C18H18ClN3O2/c19-13-6-4-12(5-7-13)10-21-17(23)15-9-16(15)18(24)22-11-14-3-1-2-8-20-14/h1-8,15-16H,9-11H2,(H,21,23)(H,22,24). The highest BCUT2D eigenvalue weighted by Gasteiger charge is 2.47. The van der Waals surface area contributed by atoms with Gasteiger partial charge in [0.25, 0.3) is 0 Å².